The molecule has 110 valence electrons. The van der Waals surface area contributed by atoms with Crippen molar-refractivity contribution in [3.05, 3.63) is 28.2 Å². The molecule has 2 aliphatic rings. The Hall–Kier alpha value is -0.540. The van der Waals surface area contributed by atoms with Gasteiger partial charge in [0, 0.05) is 10.5 Å². The Bertz CT molecular complexity index is 464. The third-order valence-corrected chi connectivity index (χ3v) is 5.72. The molecule has 3 rings (SSSR count). The number of fused-ring (bicyclic) bond motifs is 1. The second-order valence-electron chi connectivity index (χ2n) is 6.07. The molecule has 0 spiro atoms. The van der Waals surface area contributed by atoms with E-state index in [4.69, 9.17) is 4.74 Å². The second kappa shape index (κ2) is 6.07. The van der Waals surface area contributed by atoms with E-state index in [-0.39, 0.29) is 0 Å². The molecule has 0 saturated heterocycles. The highest BCUT2D eigenvalue weighted by Crippen LogP contribution is 2.60. The van der Waals surface area contributed by atoms with E-state index in [2.05, 4.69) is 46.5 Å². The molecular formula is C17H24BrNO. The highest BCUT2D eigenvalue weighted by Gasteiger charge is 2.54. The number of rotatable bonds is 5. The van der Waals surface area contributed by atoms with E-state index in [0.717, 1.165) is 23.5 Å². The molecule has 1 aromatic carbocycles. The Morgan fingerprint density at radius 3 is 2.55 bits per heavy atom. The summed E-state index contributed by atoms with van der Waals surface area (Å²) in [6.07, 6.45) is 5.72. The minimum Gasteiger partial charge on any atom is -0.494 e. The van der Waals surface area contributed by atoms with Crippen LogP contribution in [-0.2, 0) is 0 Å². The van der Waals surface area contributed by atoms with Crippen molar-refractivity contribution in [3.8, 4) is 5.75 Å². The fourth-order valence-corrected chi connectivity index (χ4v) is 4.72. The first kappa shape index (κ1) is 14.4. The predicted octanol–water partition coefficient (Wildman–Crippen LogP) is 4.54. The molecule has 20 heavy (non-hydrogen) atoms. The van der Waals surface area contributed by atoms with Gasteiger partial charge in [0.2, 0.25) is 0 Å². The van der Waals surface area contributed by atoms with Gasteiger partial charge in [-0.15, -0.1) is 0 Å². The van der Waals surface area contributed by atoms with Crippen molar-refractivity contribution in [2.45, 2.75) is 38.6 Å². The summed E-state index contributed by atoms with van der Waals surface area (Å²) in [5, 5.41) is 3.56. The van der Waals surface area contributed by atoms with E-state index in [1.165, 1.54) is 35.7 Å². The Kier molecular flexibility index (Phi) is 4.37. The molecule has 1 aromatic rings. The van der Waals surface area contributed by atoms with Crippen molar-refractivity contribution in [2.24, 2.45) is 17.8 Å². The van der Waals surface area contributed by atoms with Gasteiger partial charge < -0.3 is 10.1 Å². The van der Waals surface area contributed by atoms with Crippen LogP contribution in [-0.4, -0.2) is 13.7 Å². The average molecular weight is 338 g/mol. The Labute approximate surface area is 130 Å². The molecular weight excluding hydrogens is 314 g/mol. The van der Waals surface area contributed by atoms with Crippen LogP contribution in [0.3, 0.4) is 0 Å². The topological polar surface area (TPSA) is 21.3 Å². The Morgan fingerprint density at radius 1 is 1.30 bits per heavy atom. The molecule has 2 nitrogen and oxygen atoms in total. The molecule has 0 aromatic heterocycles. The zero-order valence-corrected chi connectivity index (χ0v) is 13.9. The van der Waals surface area contributed by atoms with Crippen LogP contribution in [0.2, 0.25) is 0 Å². The van der Waals surface area contributed by atoms with E-state index in [0.29, 0.717) is 12.6 Å². The Balaban J connectivity index is 1.79. The van der Waals surface area contributed by atoms with Crippen molar-refractivity contribution in [1.29, 1.82) is 0 Å². The summed E-state index contributed by atoms with van der Waals surface area (Å²) in [5.74, 6) is 3.70. The molecule has 0 radical (unpaired) electrons. The summed E-state index contributed by atoms with van der Waals surface area (Å²) in [6, 6.07) is 6.91. The van der Waals surface area contributed by atoms with Gasteiger partial charge in [-0.2, -0.15) is 0 Å². The SMILES string of the molecule is CCOc1ccc(C(NC)C2C3CCCCC32)c(Br)c1. The summed E-state index contributed by atoms with van der Waals surface area (Å²) in [7, 11) is 2.10. The van der Waals surface area contributed by atoms with Crippen LogP contribution >= 0.6 is 15.9 Å². The quantitative estimate of drug-likeness (QED) is 0.851. The summed E-state index contributed by atoms with van der Waals surface area (Å²) in [5.41, 5.74) is 1.38. The lowest BCUT2D eigenvalue weighted by molar-refractivity contribution is 0.339. The van der Waals surface area contributed by atoms with Crippen LogP contribution in [0.25, 0.3) is 0 Å². The standard InChI is InChI=1S/C17H24BrNO/c1-3-20-11-8-9-14(15(18)10-11)17(19-2)16-12-6-4-5-7-13(12)16/h8-10,12-13,16-17,19H,3-7H2,1-2H3. The summed E-state index contributed by atoms with van der Waals surface area (Å²) in [6.45, 7) is 2.74. The summed E-state index contributed by atoms with van der Waals surface area (Å²) < 4.78 is 6.75. The van der Waals surface area contributed by atoms with E-state index < -0.39 is 0 Å². The number of hydrogen-bond acceptors (Lipinski definition) is 2. The molecule has 2 aliphatic carbocycles. The van der Waals surface area contributed by atoms with Gasteiger partial charge in [0.25, 0.3) is 0 Å². The number of halogens is 1. The van der Waals surface area contributed by atoms with Crippen molar-refractivity contribution >= 4 is 15.9 Å². The zero-order valence-electron chi connectivity index (χ0n) is 12.4. The molecule has 3 heteroatoms. The maximum absolute atomic E-state index is 5.58. The third kappa shape index (κ3) is 2.62. The van der Waals surface area contributed by atoms with Crippen molar-refractivity contribution in [1.82, 2.24) is 5.32 Å². The minimum absolute atomic E-state index is 0.480. The molecule has 3 atom stereocenters. The smallest absolute Gasteiger partial charge is 0.120 e. The average Bonchev–Trinajstić information content (AvgIpc) is 3.17. The van der Waals surface area contributed by atoms with E-state index >= 15 is 0 Å². The van der Waals surface area contributed by atoms with E-state index in [1.54, 1.807) is 0 Å². The molecule has 3 unspecified atom stereocenters. The molecule has 2 fully saturated rings. The van der Waals surface area contributed by atoms with Gasteiger partial charge in [-0.05, 0) is 62.3 Å². The summed E-state index contributed by atoms with van der Waals surface area (Å²) >= 11 is 3.73. The van der Waals surface area contributed by atoms with Gasteiger partial charge in [-0.1, -0.05) is 34.8 Å². The first-order valence-electron chi connectivity index (χ1n) is 7.85. The largest absolute Gasteiger partial charge is 0.494 e. The molecule has 2 saturated carbocycles. The Morgan fingerprint density at radius 2 is 2.00 bits per heavy atom. The molecule has 0 amide bonds. The van der Waals surface area contributed by atoms with Gasteiger partial charge in [0.15, 0.2) is 0 Å². The number of benzene rings is 1. The lowest BCUT2D eigenvalue weighted by atomic mass is 10.00. The van der Waals surface area contributed by atoms with Gasteiger partial charge >= 0.3 is 0 Å². The van der Waals surface area contributed by atoms with E-state index in [9.17, 15) is 0 Å². The highest BCUT2D eigenvalue weighted by molar-refractivity contribution is 9.10. The number of ether oxygens (including phenoxy) is 1. The maximum Gasteiger partial charge on any atom is 0.120 e. The molecule has 0 heterocycles. The third-order valence-electron chi connectivity index (χ3n) is 5.04. The lowest BCUT2D eigenvalue weighted by Crippen LogP contribution is -2.20. The highest BCUT2D eigenvalue weighted by atomic mass is 79.9. The fraction of sp³-hybridized carbons (Fsp3) is 0.647. The van der Waals surface area contributed by atoms with Gasteiger partial charge in [0.1, 0.15) is 5.75 Å². The molecule has 0 bridgehead atoms. The van der Waals surface area contributed by atoms with Crippen LogP contribution in [0.1, 0.15) is 44.2 Å². The maximum atomic E-state index is 5.58. The monoisotopic (exact) mass is 337 g/mol. The zero-order chi connectivity index (χ0) is 14.1. The van der Waals surface area contributed by atoms with Crippen LogP contribution in [0.15, 0.2) is 22.7 Å². The fourth-order valence-electron chi connectivity index (χ4n) is 4.11. The minimum atomic E-state index is 0.480. The van der Waals surface area contributed by atoms with Crippen molar-refractivity contribution in [2.75, 3.05) is 13.7 Å². The van der Waals surface area contributed by atoms with Gasteiger partial charge in [-0.25, -0.2) is 0 Å². The van der Waals surface area contributed by atoms with Gasteiger partial charge in [0.05, 0.1) is 6.61 Å². The van der Waals surface area contributed by atoms with Crippen LogP contribution < -0.4 is 10.1 Å². The summed E-state index contributed by atoms with van der Waals surface area (Å²) in [4.78, 5) is 0. The van der Waals surface area contributed by atoms with Crippen molar-refractivity contribution in [3.63, 3.8) is 0 Å². The number of nitrogens with one attached hydrogen (secondary N) is 1. The van der Waals surface area contributed by atoms with Crippen LogP contribution in [0.5, 0.6) is 5.75 Å². The first-order valence-corrected chi connectivity index (χ1v) is 8.65. The van der Waals surface area contributed by atoms with Gasteiger partial charge in [-0.3, -0.25) is 0 Å². The van der Waals surface area contributed by atoms with Crippen molar-refractivity contribution < 1.29 is 4.74 Å². The first-order chi connectivity index (χ1) is 9.76. The van der Waals surface area contributed by atoms with Crippen LogP contribution in [0.4, 0.5) is 0 Å². The lowest BCUT2D eigenvalue weighted by Gasteiger charge is -2.19. The predicted molar refractivity (Wildman–Crippen MR) is 86.0 cm³/mol. The molecule has 1 N–H and O–H groups in total. The van der Waals surface area contributed by atoms with Crippen LogP contribution in [0, 0.1) is 17.8 Å². The van der Waals surface area contributed by atoms with E-state index in [1.807, 2.05) is 6.92 Å². The normalized spacial score (nSPS) is 29.6. The number of hydrogen-bond donors (Lipinski definition) is 1. The molecule has 0 aliphatic heterocycles. The second-order valence-corrected chi connectivity index (χ2v) is 6.93.